The third-order valence-corrected chi connectivity index (χ3v) is 1.74. The SMILES string of the molecule is CO.Cc1ccc(C(C)C)cc1. The molecule has 0 spiro atoms. The minimum atomic E-state index is 0.653. The summed E-state index contributed by atoms with van der Waals surface area (Å²) >= 11 is 0. The number of aliphatic hydroxyl groups excluding tert-OH is 1. The molecule has 0 saturated carbocycles. The average Bonchev–Trinajstić information content (AvgIpc) is 2.09. The second kappa shape index (κ2) is 5.78. The van der Waals surface area contributed by atoms with E-state index < -0.39 is 0 Å². The summed E-state index contributed by atoms with van der Waals surface area (Å²) in [6, 6.07) is 8.71. The Morgan fingerprint density at radius 1 is 1.00 bits per heavy atom. The van der Waals surface area contributed by atoms with E-state index in [0.717, 1.165) is 7.11 Å². The van der Waals surface area contributed by atoms with Crippen LogP contribution in [0.15, 0.2) is 24.3 Å². The normalized spacial score (nSPS) is 9.17. The van der Waals surface area contributed by atoms with E-state index >= 15 is 0 Å². The van der Waals surface area contributed by atoms with Gasteiger partial charge in [-0.15, -0.1) is 0 Å². The highest BCUT2D eigenvalue weighted by atomic mass is 16.2. The fourth-order valence-corrected chi connectivity index (χ4v) is 0.951. The van der Waals surface area contributed by atoms with Crippen molar-refractivity contribution in [3.05, 3.63) is 35.4 Å². The van der Waals surface area contributed by atoms with Crippen LogP contribution in [0.25, 0.3) is 0 Å². The number of aryl methyl sites for hydroxylation is 1. The van der Waals surface area contributed by atoms with E-state index in [-0.39, 0.29) is 0 Å². The highest BCUT2D eigenvalue weighted by Gasteiger charge is 1.95. The van der Waals surface area contributed by atoms with Gasteiger partial charge < -0.3 is 5.11 Å². The van der Waals surface area contributed by atoms with E-state index in [9.17, 15) is 0 Å². The number of aliphatic hydroxyl groups is 1. The van der Waals surface area contributed by atoms with Gasteiger partial charge in [0.05, 0.1) is 0 Å². The van der Waals surface area contributed by atoms with Gasteiger partial charge in [0, 0.05) is 7.11 Å². The molecule has 0 saturated heterocycles. The molecule has 1 heteroatoms. The maximum Gasteiger partial charge on any atom is 0.0319 e. The zero-order valence-corrected chi connectivity index (χ0v) is 8.33. The molecule has 0 atom stereocenters. The van der Waals surface area contributed by atoms with Crippen LogP contribution in [0.2, 0.25) is 0 Å². The number of hydrogen-bond donors (Lipinski definition) is 1. The van der Waals surface area contributed by atoms with Crippen molar-refractivity contribution in [3.63, 3.8) is 0 Å². The first-order valence-corrected chi connectivity index (χ1v) is 4.21. The summed E-state index contributed by atoms with van der Waals surface area (Å²) in [5.41, 5.74) is 2.76. The quantitative estimate of drug-likeness (QED) is 0.680. The summed E-state index contributed by atoms with van der Waals surface area (Å²) in [4.78, 5) is 0. The van der Waals surface area contributed by atoms with Crippen LogP contribution >= 0.6 is 0 Å². The molecule has 1 nitrogen and oxygen atoms in total. The number of benzene rings is 1. The van der Waals surface area contributed by atoms with E-state index in [2.05, 4.69) is 45.0 Å². The Morgan fingerprint density at radius 3 is 1.75 bits per heavy atom. The van der Waals surface area contributed by atoms with Gasteiger partial charge in [-0.3, -0.25) is 0 Å². The molecule has 0 unspecified atom stereocenters. The monoisotopic (exact) mass is 166 g/mol. The Kier molecular flexibility index (Phi) is 5.39. The molecule has 1 rings (SSSR count). The topological polar surface area (TPSA) is 20.2 Å². The Balaban J connectivity index is 0.000000561. The molecule has 0 fully saturated rings. The van der Waals surface area contributed by atoms with Crippen LogP contribution in [0.4, 0.5) is 0 Å². The molecule has 1 aromatic carbocycles. The van der Waals surface area contributed by atoms with Crippen molar-refractivity contribution in [2.45, 2.75) is 26.7 Å². The van der Waals surface area contributed by atoms with Crippen molar-refractivity contribution in [2.24, 2.45) is 0 Å². The zero-order chi connectivity index (χ0) is 9.56. The first-order valence-electron chi connectivity index (χ1n) is 4.21. The summed E-state index contributed by atoms with van der Waals surface area (Å²) in [7, 11) is 1.00. The van der Waals surface area contributed by atoms with Crippen molar-refractivity contribution < 1.29 is 5.11 Å². The van der Waals surface area contributed by atoms with Crippen molar-refractivity contribution >= 4 is 0 Å². The van der Waals surface area contributed by atoms with Gasteiger partial charge in [0.2, 0.25) is 0 Å². The summed E-state index contributed by atoms with van der Waals surface area (Å²) < 4.78 is 0. The molecule has 0 amide bonds. The van der Waals surface area contributed by atoms with Crippen LogP contribution in [0, 0.1) is 6.92 Å². The predicted molar refractivity (Wildman–Crippen MR) is 53.4 cm³/mol. The smallest absolute Gasteiger partial charge is 0.0319 e. The summed E-state index contributed by atoms with van der Waals surface area (Å²) in [6.07, 6.45) is 0. The molecule has 1 aromatic rings. The summed E-state index contributed by atoms with van der Waals surface area (Å²) in [5.74, 6) is 0.653. The Bertz CT molecular complexity index is 199. The van der Waals surface area contributed by atoms with Gasteiger partial charge in [-0.1, -0.05) is 43.7 Å². The third kappa shape index (κ3) is 3.54. The first-order chi connectivity index (χ1) is 5.70. The lowest BCUT2D eigenvalue weighted by Gasteiger charge is -2.03. The molecule has 0 bridgehead atoms. The average molecular weight is 166 g/mol. The van der Waals surface area contributed by atoms with Crippen molar-refractivity contribution in [1.82, 2.24) is 0 Å². The van der Waals surface area contributed by atoms with Gasteiger partial charge in [-0.2, -0.15) is 0 Å². The molecular formula is C11H18O. The Morgan fingerprint density at radius 2 is 1.42 bits per heavy atom. The van der Waals surface area contributed by atoms with Crippen LogP contribution < -0.4 is 0 Å². The maximum absolute atomic E-state index is 7.00. The van der Waals surface area contributed by atoms with Gasteiger partial charge in [-0.05, 0) is 18.4 Å². The van der Waals surface area contributed by atoms with E-state index in [4.69, 9.17) is 5.11 Å². The molecule has 0 aromatic heterocycles. The highest BCUT2D eigenvalue weighted by molar-refractivity contribution is 5.23. The third-order valence-electron chi connectivity index (χ3n) is 1.74. The second-order valence-electron chi connectivity index (χ2n) is 3.07. The standard InChI is InChI=1S/C10H14.CH4O/c1-8(2)10-6-4-9(3)5-7-10;1-2/h4-8H,1-3H3;2H,1H3. The molecule has 1 N–H and O–H groups in total. The van der Waals surface area contributed by atoms with Crippen LogP contribution in [-0.2, 0) is 0 Å². The first kappa shape index (κ1) is 11.2. The van der Waals surface area contributed by atoms with Gasteiger partial charge >= 0.3 is 0 Å². The maximum atomic E-state index is 7.00. The number of hydrogen-bond acceptors (Lipinski definition) is 1. The van der Waals surface area contributed by atoms with Gasteiger partial charge in [0.15, 0.2) is 0 Å². The largest absolute Gasteiger partial charge is 0.400 e. The molecule has 0 aliphatic heterocycles. The minimum Gasteiger partial charge on any atom is -0.400 e. The summed E-state index contributed by atoms with van der Waals surface area (Å²) in [6.45, 7) is 6.54. The van der Waals surface area contributed by atoms with E-state index in [1.54, 1.807) is 0 Å². The van der Waals surface area contributed by atoms with Crippen LogP contribution in [0.5, 0.6) is 0 Å². The van der Waals surface area contributed by atoms with E-state index in [0.29, 0.717) is 5.92 Å². The molecular weight excluding hydrogens is 148 g/mol. The van der Waals surface area contributed by atoms with Crippen molar-refractivity contribution in [2.75, 3.05) is 7.11 Å². The molecule has 12 heavy (non-hydrogen) atoms. The molecule has 0 aliphatic rings. The van der Waals surface area contributed by atoms with Crippen LogP contribution in [0.1, 0.15) is 30.9 Å². The lowest BCUT2D eigenvalue weighted by molar-refractivity contribution is 0.399. The van der Waals surface area contributed by atoms with Crippen molar-refractivity contribution in [3.8, 4) is 0 Å². The van der Waals surface area contributed by atoms with Crippen molar-refractivity contribution in [1.29, 1.82) is 0 Å². The van der Waals surface area contributed by atoms with Gasteiger partial charge in [0.25, 0.3) is 0 Å². The van der Waals surface area contributed by atoms with Gasteiger partial charge in [0.1, 0.15) is 0 Å². The zero-order valence-electron chi connectivity index (χ0n) is 8.33. The lowest BCUT2D eigenvalue weighted by Crippen LogP contribution is -1.85. The van der Waals surface area contributed by atoms with Crippen LogP contribution in [-0.4, -0.2) is 12.2 Å². The molecule has 0 aliphatic carbocycles. The fourth-order valence-electron chi connectivity index (χ4n) is 0.951. The van der Waals surface area contributed by atoms with Gasteiger partial charge in [-0.25, -0.2) is 0 Å². The Labute approximate surface area is 75.1 Å². The highest BCUT2D eigenvalue weighted by Crippen LogP contribution is 2.13. The molecule has 0 radical (unpaired) electrons. The van der Waals surface area contributed by atoms with E-state index in [1.165, 1.54) is 11.1 Å². The second-order valence-corrected chi connectivity index (χ2v) is 3.07. The fraction of sp³-hybridized carbons (Fsp3) is 0.455. The lowest BCUT2D eigenvalue weighted by atomic mass is 10.0. The number of rotatable bonds is 1. The predicted octanol–water partition coefficient (Wildman–Crippen LogP) is 2.73. The van der Waals surface area contributed by atoms with E-state index in [1.807, 2.05) is 0 Å². The molecule has 0 heterocycles. The summed E-state index contributed by atoms with van der Waals surface area (Å²) in [5, 5.41) is 7.00. The minimum absolute atomic E-state index is 0.653. The Hall–Kier alpha value is -0.820. The molecule has 68 valence electrons. The van der Waals surface area contributed by atoms with Crippen LogP contribution in [0.3, 0.4) is 0 Å².